The molecule has 0 aliphatic carbocycles. The first kappa shape index (κ1) is 46.2. The fraction of sp³-hybridized carbons (Fsp3) is 0.658. The summed E-state index contributed by atoms with van der Waals surface area (Å²) in [5.41, 5.74) is 0.740. The molecular formula is C38H58Cl2N6O8. The van der Waals surface area contributed by atoms with Crippen LogP contribution in [-0.4, -0.2) is 136 Å². The third kappa shape index (κ3) is 11.5. The molecule has 0 spiro atoms. The molecule has 302 valence electrons. The van der Waals surface area contributed by atoms with Gasteiger partial charge in [0, 0.05) is 41.0 Å². The highest BCUT2D eigenvalue weighted by molar-refractivity contribution is 6.44. The van der Waals surface area contributed by atoms with Crippen LogP contribution in [0, 0.1) is 17.8 Å². The summed E-state index contributed by atoms with van der Waals surface area (Å²) in [7, 11) is 5.64. The van der Waals surface area contributed by atoms with Crippen molar-refractivity contribution in [2.24, 2.45) is 17.8 Å². The Morgan fingerprint density at radius 3 is 1.80 bits per heavy atom. The molecule has 1 aliphatic heterocycles. The SMILES string of the molecule is CC(C)[C@@H]1NC(=O)[C@@H](Cc2ccccc2)N(C)C(=O)[C@H](C)N(C)C(=O)[C@@H](C(C)C)NC(=O)[C@H](C)N(C)C(=O)[C@@H](N(C)C(=O)C[C@H](C)C(Cl)Cl)[C@@H](C)OC1=O. The first-order valence-corrected chi connectivity index (χ1v) is 19.1. The second kappa shape index (κ2) is 20.1. The van der Waals surface area contributed by atoms with Crippen LogP contribution in [-0.2, 0) is 44.7 Å². The van der Waals surface area contributed by atoms with Gasteiger partial charge >= 0.3 is 5.97 Å². The fourth-order valence-electron chi connectivity index (χ4n) is 6.04. The van der Waals surface area contributed by atoms with Crippen LogP contribution in [0.1, 0.15) is 67.4 Å². The molecule has 2 rings (SSSR count). The van der Waals surface area contributed by atoms with E-state index in [0.717, 1.165) is 15.4 Å². The van der Waals surface area contributed by atoms with Gasteiger partial charge in [0.15, 0.2) is 0 Å². The number of alkyl halides is 2. The van der Waals surface area contributed by atoms with Crippen molar-refractivity contribution in [3.8, 4) is 0 Å². The predicted octanol–water partition coefficient (Wildman–Crippen LogP) is 2.63. The van der Waals surface area contributed by atoms with Gasteiger partial charge < -0.3 is 35.0 Å². The second-order valence-electron chi connectivity index (χ2n) is 15.0. The molecule has 1 aliphatic rings. The van der Waals surface area contributed by atoms with Crippen LogP contribution in [0.4, 0.5) is 0 Å². The zero-order chi connectivity index (χ0) is 41.4. The average Bonchev–Trinajstić information content (AvgIpc) is 3.11. The Morgan fingerprint density at radius 2 is 1.28 bits per heavy atom. The normalized spacial score (nSPS) is 26.6. The van der Waals surface area contributed by atoms with Crippen LogP contribution in [0.3, 0.4) is 0 Å². The van der Waals surface area contributed by atoms with Gasteiger partial charge in [-0.1, -0.05) is 65.0 Å². The Morgan fingerprint density at radius 1 is 0.759 bits per heavy atom. The van der Waals surface area contributed by atoms with E-state index in [-0.39, 0.29) is 12.8 Å². The zero-order valence-corrected chi connectivity index (χ0v) is 35.0. The van der Waals surface area contributed by atoms with E-state index in [2.05, 4.69) is 10.6 Å². The number of nitrogens with one attached hydrogen (secondary N) is 2. The lowest BCUT2D eigenvalue weighted by Gasteiger charge is -2.37. The van der Waals surface area contributed by atoms with Crippen molar-refractivity contribution in [1.29, 1.82) is 0 Å². The molecule has 0 saturated carbocycles. The van der Waals surface area contributed by atoms with Crippen LogP contribution in [0.5, 0.6) is 0 Å². The largest absolute Gasteiger partial charge is 0.458 e. The molecule has 1 aromatic carbocycles. The first-order chi connectivity index (χ1) is 25.0. The Balaban J connectivity index is 2.75. The van der Waals surface area contributed by atoms with Gasteiger partial charge in [-0.15, -0.1) is 23.2 Å². The maximum Gasteiger partial charge on any atom is 0.329 e. The van der Waals surface area contributed by atoms with E-state index in [1.165, 1.54) is 58.8 Å². The molecule has 1 fully saturated rings. The van der Waals surface area contributed by atoms with E-state index in [1.807, 2.05) is 6.07 Å². The number of rotatable bonds is 8. The van der Waals surface area contributed by atoms with Gasteiger partial charge in [0.25, 0.3) is 0 Å². The van der Waals surface area contributed by atoms with Crippen molar-refractivity contribution in [3.05, 3.63) is 35.9 Å². The van der Waals surface area contributed by atoms with Crippen molar-refractivity contribution in [2.75, 3.05) is 28.2 Å². The maximum atomic E-state index is 14.3. The average molecular weight is 798 g/mol. The molecule has 16 heteroatoms. The number of carbonyl (C=O) groups is 7. The standard InChI is InChI=1S/C38H58Cl2N6O8/c1-20(2)29-36(51)44(10)24(7)35(50)45(11)27(19-26-16-14-13-15-17-26)34(49)42-30(21(3)4)38(53)54-25(8)31(37(52)43(9)23(6)33(48)41-29)46(12)28(47)18-22(5)32(39)40/h13-17,20-25,27,29-32H,18-19H2,1-12H3,(H,41,48)(H,42,49)/t22-,23-,24-,25+,27+,29+,30-,31-/m0/s1. The summed E-state index contributed by atoms with van der Waals surface area (Å²) < 4.78 is 5.87. The molecule has 0 aromatic heterocycles. The summed E-state index contributed by atoms with van der Waals surface area (Å²) in [6, 6.07) is 1.93. The number of amides is 6. The van der Waals surface area contributed by atoms with E-state index >= 15 is 0 Å². The number of benzene rings is 1. The number of halogens is 2. The van der Waals surface area contributed by atoms with Gasteiger partial charge in [-0.25, -0.2) is 4.79 Å². The molecule has 1 heterocycles. The third-order valence-electron chi connectivity index (χ3n) is 10.2. The van der Waals surface area contributed by atoms with Crippen molar-refractivity contribution in [1.82, 2.24) is 30.2 Å². The maximum absolute atomic E-state index is 14.3. The summed E-state index contributed by atoms with van der Waals surface area (Å²) in [6.07, 6.45) is -1.33. The van der Waals surface area contributed by atoms with E-state index < -0.39 is 106 Å². The minimum atomic E-state index is -1.42. The lowest BCUT2D eigenvalue weighted by molar-refractivity contribution is -0.164. The molecule has 0 radical (unpaired) electrons. The molecule has 0 unspecified atom stereocenters. The summed E-state index contributed by atoms with van der Waals surface area (Å²) in [6.45, 7) is 13.0. The van der Waals surface area contributed by atoms with E-state index in [9.17, 15) is 33.6 Å². The van der Waals surface area contributed by atoms with Gasteiger partial charge in [-0.2, -0.15) is 0 Å². The summed E-state index contributed by atoms with van der Waals surface area (Å²) in [5.74, 6) is -5.98. The minimum Gasteiger partial charge on any atom is -0.458 e. The van der Waals surface area contributed by atoms with Gasteiger partial charge in [-0.05, 0) is 44.1 Å². The van der Waals surface area contributed by atoms with E-state index in [0.29, 0.717) is 0 Å². The number of likely N-dealkylation sites (N-methyl/N-ethyl adjacent to an activating group) is 4. The minimum absolute atomic E-state index is 0.0812. The summed E-state index contributed by atoms with van der Waals surface area (Å²) in [4.78, 5) is 101. The fourth-order valence-corrected chi connectivity index (χ4v) is 6.22. The van der Waals surface area contributed by atoms with Gasteiger partial charge in [0.2, 0.25) is 35.4 Å². The molecule has 14 nitrogen and oxygen atoms in total. The highest BCUT2D eigenvalue weighted by Crippen LogP contribution is 2.22. The lowest BCUT2D eigenvalue weighted by Crippen LogP contribution is -2.60. The van der Waals surface area contributed by atoms with E-state index in [4.69, 9.17) is 27.9 Å². The molecule has 1 aromatic rings. The van der Waals surface area contributed by atoms with Crippen molar-refractivity contribution < 1.29 is 38.3 Å². The van der Waals surface area contributed by atoms with Crippen LogP contribution in [0.25, 0.3) is 0 Å². The van der Waals surface area contributed by atoms with Crippen LogP contribution in [0.15, 0.2) is 30.3 Å². The Labute approximate surface area is 329 Å². The number of ether oxygens (including phenoxy) is 1. The molecule has 8 atom stereocenters. The Hall–Kier alpha value is -3.91. The van der Waals surface area contributed by atoms with Crippen molar-refractivity contribution >= 4 is 64.6 Å². The number of hydrogen-bond acceptors (Lipinski definition) is 8. The smallest absolute Gasteiger partial charge is 0.329 e. The van der Waals surface area contributed by atoms with Gasteiger partial charge in [0.1, 0.15) is 47.2 Å². The topological polar surface area (TPSA) is 166 Å². The van der Waals surface area contributed by atoms with Gasteiger partial charge in [0.05, 0.1) is 0 Å². The molecule has 2 N–H and O–H groups in total. The lowest BCUT2D eigenvalue weighted by atomic mass is 10.00. The van der Waals surface area contributed by atoms with Gasteiger partial charge in [-0.3, -0.25) is 28.8 Å². The van der Waals surface area contributed by atoms with Crippen LogP contribution >= 0.6 is 23.2 Å². The monoisotopic (exact) mass is 796 g/mol. The number of esters is 1. The van der Waals surface area contributed by atoms with Crippen LogP contribution < -0.4 is 10.6 Å². The number of hydrogen-bond donors (Lipinski definition) is 2. The van der Waals surface area contributed by atoms with E-state index in [1.54, 1.807) is 58.9 Å². The quantitative estimate of drug-likeness (QED) is 0.300. The summed E-state index contributed by atoms with van der Waals surface area (Å²) >= 11 is 12.0. The molecule has 6 amide bonds. The molecule has 1 saturated heterocycles. The molecule has 54 heavy (non-hydrogen) atoms. The van der Waals surface area contributed by atoms with Crippen molar-refractivity contribution in [2.45, 2.75) is 115 Å². The predicted molar refractivity (Wildman–Crippen MR) is 206 cm³/mol. The van der Waals surface area contributed by atoms with Crippen LogP contribution in [0.2, 0.25) is 0 Å². The second-order valence-corrected chi connectivity index (χ2v) is 16.1. The Bertz CT molecular complexity index is 1510. The third-order valence-corrected chi connectivity index (χ3v) is 11.0. The number of cyclic esters (lactones) is 1. The Kier molecular flexibility index (Phi) is 17.2. The number of nitrogens with zero attached hydrogens (tertiary/aromatic N) is 4. The highest BCUT2D eigenvalue weighted by atomic mass is 35.5. The first-order valence-electron chi connectivity index (χ1n) is 18.2. The van der Waals surface area contributed by atoms with Crippen molar-refractivity contribution in [3.63, 3.8) is 0 Å². The zero-order valence-electron chi connectivity index (χ0n) is 33.5. The molecular weight excluding hydrogens is 739 g/mol. The molecule has 0 bridgehead atoms. The summed E-state index contributed by atoms with van der Waals surface area (Å²) in [5, 5.41) is 5.51. The number of carbonyl (C=O) groups excluding carboxylic acids is 7. The highest BCUT2D eigenvalue weighted by Gasteiger charge is 2.42.